The predicted molar refractivity (Wildman–Crippen MR) is 5.75 cm³/mol. The van der Waals surface area contributed by atoms with Gasteiger partial charge in [0.15, 0.2) is 0 Å². The summed E-state index contributed by atoms with van der Waals surface area (Å²) in [5.74, 6) is 0. The molecular weight excluding hydrogens is 248 g/mol. The van der Waals surface area contributed by atoms with Crippen molar-refractivity contribution in [2.45, 2.75) is 0 Å². The summed E-state index contributed by atoms with van der Waals surface area (Å²) in [6.07, 6.45) is 0. The maximum atomic E-state index is 0. The van der Waals surface area contributed by atoms with Gasteiger partial charge in [0, 0.05) is 0 Å². The summed E-state index contributed by atoms with van der Waals surface area (Å²) >= 11 is 0. The van der Waals surface area contributed by atoms with Crippen molar-refractivity contribution >= 4 is 23.9 Å². The van der Waals surface area contributed by atoms with E-state index in [-0.39, 0.29) is 90.7 Å². The SMILES string of the molecule is [Cl-].[Cl-].[Cl-].[Na+].[Sn+2]. The molecule has 0 unspecified atom stereocenters. The van der Waals surface area contributed by atoms with E-state index in [1.165, 1.54) is 0 Å². The zero-order chi connectivity index (χ0) is 0. The first kappa shape index (κ1) is 47.9. The Morgan fingerprint density at radius 1 is 0.600 bits per heavy atom. The molecule has 0 atom stereocenters. The van der Waals surface area contributed by atoms with Crippen molar-refractivity contribution < 1.29 is 66.8 Å². The third-order valence-corrected chi connectivity index (χ3v) is 0. The second kappa shape index (κ2) is 30.1. The smallest absolute Gasteiger partial charge is 1.00 e. The summed E-state index contributed by atoms with van der Waals surface area (Å²) in [5, 5.41) is 0. The van der Waals surface area contributed by atoms with Crippen LogP contribution in [0.3, 0.4) is 0 Å². The van der Waals surface area contributed by atoms with Gasteiger partial charge in [0.1, 0.15) is 0 Å². The van der Waals surface area contributed by atoms with Gasteiger partial charge in [0.25, 0.3) is 0 Å². The minimum atomic E-state index is 0. The molecule has 0 rings (SSSR count). The molecule has 0 aliphatic carbocycles. The van der Waals surface area contributed by atoms with Gasteiger partial charge in [-0.3, -0.25) is 0 Å². The zero-order valence-electron chi connectivity index (χ0n) is 2.63. The molecule has 0 aliphatic rings. The minimum absolute atomic E-state index is 0. The summed E-state index contributed by atoms with van der Waals surface area (Å²) in [6, 6.07) is 0. The number of hydrogen-bond donors (Lipinski definition) is 0. The van der Waals surface area contributed by atoms with Gasteiger partial charge in [-0.15, -0.1) is 0 Å². The number of hydrogen-bond acceptors (Lipinski definition) is 0. The van der Waals surface area contributed by atoms with Gasteiger partial charge in [-0.1, -0.05) is 0 Å². The van der Waals surface area contributed by atoms with Gasteiger partial charge < -0.3 is 37.2 Å². The van der Waals surface area contributed by atoms with Gasteiger partial charge in [0.2, 0.25) is 0 Å². The van der Waals surface area contributed by atoms with Gasteiger partial charge in [-0.05, 0) is 0 Å². The average molecular weight is 248 g/mol. The fraction of sp³-hybridized carbons (Fsp3) is 0. The third-order valence-electron chi connectivity index (χ3n) is 0. The van der Waals surface area contributed by atoms with Gasteiger partial charge in [-0.25, -0.2) is 0 Å². The van der Waals surface area contributed by atoms with Crippen LogP contribution in [0, 0.1) is 0 Å². The molecule has 0 fully saturated rings. The molecule has 26 valence electrons. The van der Waals surface area contributed by atoms with E-state index in [4.69, 9.17) is 0 Å². The van der Waals surface area contributed by atoms with Crippen LogP contribution >= 0.6 is 0 Å². The van der Waals surface area contributed by atoms with E-state index in [0.717, 1.165) is 0 Å². The number of halogens is 3. The van der Waals surface area contributed by atoms with E-state index < -0.39 is 0 Å². The van der Waals surface area contributed by atoms with Gasteiger partial charge in [-0.2, -0.15) is 0 Å². The first-order chi connectivity index (χ1) is 0. The summed E-state index contributed by atoms with van der Waals surface area (Å²) in [5.41, 5.74) is 0. The second-order valence-corrected chi connectivity index (χ2v) is 0. The van der Waals surface area contributed by atoms with Crippen LogP contribution in [0.15, 0.2) is 0 Å². The molecule has 5 heavy (non-hydrogen) atoms. The largest absolute Gasteiger partial charge is 2.00 e. The molecule has 0 amide bonds. The molecular formula is Cl3NaSn. The molecule has 0 bridgehead atoms. The van der Waals surface area contributed by atoms with Crippen molar-refractivity contribution in [1.29, 1.82) is 0 Å². The molecule has 0 aromatic heterocycles. The van der Waals surface area contributed by atoms with E-state index in [9.17, 15) is 0 Å². The van der Waals surface area contributed by atoms with Crippen LogP contribution < -0.4 is 66.8 Å². The standard InChI is InChI=1S/3ClH.Na.Sn/h3*1H;;/q;;;+1;+2/p-3. The van der Waals surface area contributed by atoms with Crippen LogP contribution in [0.4, 0.5) is 0 Å². The van der Waals surface area contributed by atoms with Gasteiger partial charge in [0.05, 0.1) is 0 Å². The second-order valence-electron chi connectivity index (χ2n) is 0. The van der Waals surface area contributed by atoms with Crippen molar-refractivity contribution in [3.05, 3.63) is 0 Å². The van der Waals surface area contributed by atoms with E-state index in [2.05, 4.69) is 0 Å². The van der Waals surface area contributed by atoms with Crippen LogP contribution in [0.25, 0.3) is 0 Å². The normalized spacial score (nSPS) is 0. The maximum absolute atomic E-state index is 0. The molecule has 0 spiro atoms. The topological polar surface area (TPSA) is 0 Å². The first-order valence-corrected chi connectivity index (χ1v) is 0. The molecule has 0 aliphatic heterocycles. The Balaban J connectivity index is 0. The molecule has 0 N–H and O–H groups in total. The Kier molecular flexibility index (Phi) is 288. The Morgan fingerprint density at radius 3 is 0.600 bits per heavy atom. The van der Waals surface area contributed by atoms with Crippen molar-refractivity contribution in [1.82, 2.24) is 0 Å². The zero-order valence-corrected chi connectivity index (χ0v) is 9.76. The molecule has 5 heteroatoms. The van der Waals surface area contributed by atoms with Crippen molar-refractivity contribution in [2.75, 3.05) is 0 Å². The van der Waals surface area contributed by atoms with Crippen molar-refractivity contribution in [2.24, 2.45) is 0 Å². The van der Waals surface area contributed by atoms with Gasteiger partial charge >= 0.3 is 53.5 Å². The minimum Gasteiger partial charge on any atom is -1.00 e. The summed E-state index contributed by atoms with van der Waals surface area (Å²) in [6.45, 7) is 0. The van der Waals surface area contributed by atoms with E-state index in [1.54, 1.807) is 0 Å². The molecule has 0 saturated heterocycles. The Hall–Kier alpha value is 2.67. The molecule has 0 saturated carbocycles. The third kappa shape index (κ3) is 20.4. The Bertz CT molecular complexity index is 6.85. The van der Waals surface area contributed by atoms with Crippen molar-refractivity contribution in [3.8, 4) is 0 Å². The molecule has 2 radical (unpaired) electrons. The van der Waals surface area contributed by atoms with Crippen LogP contribution in [-0.4, -0.2) is 23.9 Å². The fourth-order valence-corrected chi connectivity index (χ4v) is 0. The Labute approximate surface area is 89.3 Å². The molecule has 0 nitrogen and oxygen atoms in total. The van der Waals surface area contributed by atoms with Crippen LogP contribution in [0.5, 0.6) is 0 Å². The predicted octanol–water partition coefficient (Wildman–Crippen LogP) is -12.4. The maximum Gasteiger partial charge on any atom is 2.00 e. The first-order valence-electron chi connectivity index (χ1n) is 0. The van der Waals surface area contributed by atoms with Crippen molar-refractivity contribution in [3.63, 3.8) is 0 Å². The fourth-order valence-electron chi connectivity index (χ4n) is 0. The quantitative estimate of drug-likeness (QED) is 0.373. The summed E-state index contributed by atoms with van der Waals surface area (Å²) in [4.78, 5) is 0. The monoisotopic (exact) mass is 248 g/mol. The van der Waals surface area contributed by atoms with Crippen LogP contribution in [-0.2, 0) is 0 Å². The van der Waals surface area contributed by atoms with E-state index in [1.807, 2.05) is 0 Å². The summed E-state index contributed by atoms with van der Waals surface area (Å²) < 4.78 is 0. The summed E-state index contributed by atoms with van der Waals surface area (Å²) in [7, 11) is 0. The Morgan fingerprint density at radius 2 is 0.600 bits per heavy atom. The molecule has 0 aromatic rings. The number of rotatable bonds is 0. The average Bonchev–Trinajstić information content (AvgIpc) is 0. The van der Waals surface area contributed by atoms with E-state index in [0.29, 0.717) is 0 Å². The molecule has 0 aromatic carbocycles. The molecule has 0 heterocycles. The van der Waals surface area contributed by atoms with Crippen LogP contribution in [0.2, 0.25) is 0 Å². The van der Waals surface area contributed by atoms with Crippen LogP contribution in [0.1, 0.15) is 0 Å². The van der Waals surface area contributed by atoms with E-state index >= 15 is 0 Å².